The average Bonchev–Trinajstić information content (AvgIpc) is 2.09. The maximum atomic E-state index is 10.1. The Morgan fingerprint density at radius 1 is 1.08 bits per heavy atom. The predicted octanol–water partition coefficient (Wildman–Crippen LogP) is 1.96. The van der Waals surface area contributed by atoms with Crippen LogP contribution in [0.4, 0.5) is 0 Å². The second-order valence-electron chi connectivity index (χ2n) is 3.02. The highest BCUT2D eigenvalue weighted by molar-refractivity contribution is 5.79. The largest absolute Gasteiger partial charge is 0.478 e. The zero-order valence-corrected chi connectivity index (χ0v) is 7.91. The molecule has 0 saturated heterocycles. The fourth-order valence-electron chi connectivity index (χ4n) is 1.09. The lowest BCUT2D eigenvalue weighted by Gasteiger charge is -1.96. The van der Waals surface area contributed by atoms with E-state index in [1.165, 1.54) is 6.08 Å². The molecule has 0 aliphatic carbocycles. The topological polar surface area (TPSA) is 57.5 Å². The first-order valence-electron chi connectivity index (χ1n) is 4.77. The van der Waals surface area contributed by atoms with Gasteiger partial charge in [0.05, 0.1) is 0 Å². The first-order valence-corrected chi connectivity index (χ1v) is 4.77. The number of aliphatic carboxylic acids is 1. The van der Waals surface area contributed by atoms with E-state index in [-0.39, 0.29) is 6.61 Å². The second-order valence-corrected chi connectivity index (χ2v) is 3.02. The molecule has 0 heterocycles. The Hall–Kier alpha value is -0.830. The Morgan fingerprint density at radius 3 is 2.31 bits per heavy atom. The van der Waals surface area contributed by atoms with Crippen LogP contribution in [0, 0.1) is 0 Å². The molecule has 0 rings (SSSR count). The molecule has 0 fully saturated rings. The molecule has 2 N–H and O–H groups in total. The van der Waals surface area contributed by atoms with Gasteiger partial charge in [-0.25, -0.2) is 4.79 Å². The van der Waals surface area contributed by atoms with Gasteiger partial charge < -0.3 is 10.2 Å². The van der Waals surface area contributed by atoms with Crippen molar-refractivity contribution < 1.29 is 15.0 Å². The van der Waals surface area contributed by atoms with Gasteiger partial charge in [0.2, 0.25) is 0 Å². The maximum absolute atomic E-state index is 10.1. The number of carbonyl (C=O) groups is 1. The van der Waals surface area contributed by atoms with Crippen LogP contribution in [0.2, 0.25) is 0 Å². The quantitative estimate of drug-likeness (QED) is 0.450. The molecular weight excluding hydrogens is 168 g/mol. The summed E-state index contributed by atoms with van der Waals surface area (Å²) in [6.07, 6.45) is 8.94. The van der Waals surface area contributed by atoms with Crippen molar-refractivity contribution in [3.8, 4) is 0 Å². The Labute approximate surface area is 79.1 Å². The maximum Gasteiger partial charge on any atom is 0.327 e. The van der Waals surface area contributed by atoms with E-state index >= 15 is 0 Å². The summed E-state index contributed by atoms with van der Waals surface area (Å²) in [5.74, 6) is -0.875. The molecule has 0 aromatic rings. The Bertz CT molecular complexity index is 152. The molecule has 13 heavy (non-hydrogen) atoms. The lowest BCUT2D eigenvalue weighted by atomic mass is 10.1. The van der Waals surface area contributed by atoms with E-state index in [1.54, 1.807) is 6.08 Å². The van der Waals surface area contributed by atoms with Gasteiger partial charge in [-0.1, -0.05) is 25.3 Å². The normalized spacial score (nSPS) is 10.8. The third-order valence-corrected chi connectivity index (χ3v) is 1.79. The summed E-state index contributed by atoms with van der Waals surface area (Å²) in [6.45, 7) is 0.277. The third-order valence-electron chi connectivity index (χ3n) is 1.79. The minimum Gasteiger partial charge on any atom is -0.478 e. The van der Waals surface area contributed by atoms with Gasteiger partial charge in [0, 0.05) is 12.7 Å². The molecule has 76 valence electrons. The first-order chi connectivity index (χ1) is 6.27. The van der Waals surface area contributed by atoms with E-state index in [0.717, 1.165) is 38.5 Å². The molecule has 0 spiro atoms. The molecule has 0 aliphatic heterocycles. The fraction of sp³-hybridized carbons (Fsp3) is 0.700. The van der Waals surface area contributed by atoms with Crippen LogP contribution < -0.4 is 0 Å². The minimum atomic E-state index is -0.875. The van der Waals surface area contributed by atoms with Crippen molar-refractivity contribution in [3.63, 3.8) is 0 Å². The molecule has 0 aromatic carbocycles. The fourth-order valence-corrected chi connectivity index (χ4v) is 1.09. The SMILES string of the molecule is O=C(O)C=CCCCCCCCO. The summed E-state index contributed by atoms with van der Waals surface area (Å²) in [6, 6.07) is 0. The number of carboxylic acid groups (broad SMARTS) is 1. The summed E-state index contributed by atoms with van der Waals surface area (Å²) < 4.78 is 0. The number of aliphatic hydroxyl groups is 1. The molecule has 0 aromatic heterocycles. The Balaban J connectivity index is 3.03. The third kappa shape index (κ3) is 11.2. The van der Waals surface area contributed by atoms with Crippen molar-refractivity contribution in [3.05, 3.63) is 12.2 Å². The van der Waals surface area contributed by atoms with Gasteiger partial charge in [-0.05, 0) is 19.3 Å². The molecular formula is C10H18O3. The van der Waals surface area contributed by atoms with Gasteiger partial charge in [0.15, 0.2) is 0 Å². The molecule has 0 atom stereocenters. The van der Waals surface area contributed by atoms with Crippen molar-refractivity contribution in [1.29, 1.82) is 0 Å². The van der Waals surface area contributed by atoms with E-state index in [4.69, 9.17) is 10.2 Å². The number of hydrogen-bond donors (Lipinski definition) is 2. The summed E-state index contributed by atoms with van der Waals surface area (Å²) >= 11 is 0. The van der Waals surface area contributed by atoms with E-state index < -0.39 is 5.97 Å². The van der Waals surface area contributed by atoms with Crippen LogP contribution in [0.3, 0.4) is 0 Å². The molecule has 0 saturated carbocycles. The van der Waals surface area contributed by atoms with Crippen molar-refractivity contribution in [2.75, 3.05) is 6.61 Å². The van der Waals surface area contributed by atoms with Crippen molar-refractivity contribution in [2.24, 2.45) is 0 Å². The molecule has 3 heteroatoms. The Kier molecular flexibility index (Phi) is 8.67. The van der Waals surface area contributed by atoms with Gasteiger partial charge in [0.1, 0.15) is 0 Å². The zero-order valence-electron chi connectivity index (χ0n) is 7.91. The van der Waals surface area contributed by atoms with Crippen molar-refractivity contribution in [1.82, 2.24) is 0 Å². The highest BCUT2D eigenvalue weighted by Gasteiger charge is 1.89. The number of rotatable bonds is 8. The summed E-state index contributed by atoms with van der Waals surface area (Å²) in [4.78, 5) is 10.1. The first kappa shape index (κ1) is 12.2. The molecule has 0 amide bonds. The minimum absolute atomic E-state index is 0.277. The van der Waals surface area contributed by atoms with Gasteiger partial charge in [-0.2, -0.15) is 0 Å². The average molecular weight is 186 g/mol. The van der Waals surface area contributed by atoms with Crippen molar-refractivity contribution in [2.45, 2.75) is 38.5 Å². The van der Waals surface area contributed by atoms with Crippen molar-refractivity contribution >= 4 is 5.97 Å². The number of hydrogen-bond acceptors (Lipinski definition) is 2. The van der Waals surface area contributed by atoms with E-state index in [0.29, 0.717) is 0 Å². The van der Waals surface area contributed by atoms with Crippen LogP contribution in [0.1, 0.15) is 38.5 Å². The highest BCUT2D eigenvalue weighted by Crippen LogP contribution is 2.05. The second kappa shape index (κ2) is 9.26. The lowest BCUT2D eigenvalue weighted by molar-refractivity contribution is -0.131. The Morgan fingerprint density at radius 2 is 1.69 bits per heavy atom. The standard InChI is InChI=1S/C10H18O3/c11-9-7-5-3-1-2-4-6-8-10(12)13/h6,8,11H,1-5,7,9H2,(H,12,13). The van der Waals surface area contributed by atoms with Crippen LogP contribution in [0.25, 0.3) is 0 Å². The molecule has 3 nitrogen and oxygen atoms in total. The van der Waals surface area contributed by atoms with Gasteiger partial charge >= 0.3 is 5.97 Å². The molecule has 0 unspecified atom stereocenters. The van der Waals surface area contributed by atoms with E-state index in [9.17, 15) is 4.79 Å². The molecule has 0 bridgehead atoms. The van der Waals surface area contributed by atoms with Crippen LogP contribution in [0.5, 0.6) is 0 Å². The van der Waals surface area contributed by atoms with Crippen LogP contribution >= 0.6 is 0 Å². The predicted molar refractivity (Wildman–Crippen MR) is 51.6 cm³/mol. The molecule has 0 aliphatic rings. The zero-order chi connectivity index (χ0) is 9.94. The van der Waals surface area contributed by atoms with Gasteiger partial charge in [-0.3, -0.25) is 0 Å². The van der Waals surface area contributed by atoms with E-state index in [2.05, 4.69) is 0 Å². The van der Waals surface area contributed by atoms with E-state index in [1.807, 2.05) is 0 Å². The lowest BCUT2D eigenvalue weighted by Crippen LogP contribution is -1.86. The monoisotopic (exact) mass is 186 g/mol. The highest BCUT2D eigenvalue weighted by atomic mass is 16.4. The number of unbranched alkanes of at least 4 members (excludes halogenated alkanes) is 5. The van der Waals surface area contributed by atoms with Crippen LogP contribution in [0.15, 0.2) is 12.2 Å². The number of aliphatic hydroxyl groups excluding tert-OH is 1. The van der Waals surface area contributed by atoms with Gasteiger partial charge in [0.25, 0.3) is 0 Å². The summed E-state index contributed by atoms with van der Waals surface area (Å²) in [5, 5.41) is 16.8. The smallest absolute Gasteiger partial charge is 0.327 e. The number of carboxylic acids is 1. The van der Waals surface area contributed by atoms with Gasteiger partial charge in [-0.15, -0.1) is 0 Å². The summed E-state index contributed by atoms with van der Waals surface area (Å²) in [5.41, 5.74) is 0. The van der Waals surface area contributed by atoms with Crippen LogP contribution in [-0.2, 0) is 4.79 Å². The molecule has 0 radical (unpaired) electrons. The summed E-state index contributed by atoms with van der Waals surface area (Å²) in [7, 11) is 0. The number of allylic oxidation sites excluding steroid dienone is 1. The van der Waals surface area contributed by atoms with Crippen LogP contribution in [-0.4, -0.2) is 22.8 Å².